The van der Waals surface area contributed by atoms with Gasteiger partial charge in [0, 0.05) is 18.3 Å². The van der Waals surface area contributed by atoms with Crippen molar-refractivity contribution in [1.29, 1.82) is 0 Å². The molecule has 0 saturated carbocycles. The van der Waals surface area contributed by atoms with Gasteiger partial charge in [0.1, 0.15) is 5.75 Å². The highest BCUT2D eigenvalue weighted by molar-refractivity contribution is 6.05. The molecule has 0 spiro atoms. The zero-order chi connectivity index (χ0) is 26.9. The minimum absolute atomic E-state index is 0.0186. The SMILES string of the molecule is COc1ccc([C@@H]2[C@@H](C(=O)Nc3cccc(C(F)(F)F)c3)c3cc(OC)c(OC)cc3C(=O)N2C)cc1. The Bertz CT molecular complexity index is 1320. The molecule has 194 valence electrons. The number of carbonyl (C=O) groups excluding carboxylic acids is 2. The number of fused-ring (bicyclic) bond motifs is 1. The largest absolute Gasteiger partial charge is 0.497 e. The second-order valence-electron chi connectivity index (χ2n) is 8.47. The monoisotopic (exact) mass is 514 g/mol. The molecule has 7 nitrogen and oxygen atoms in total. The van der Waals surface area contributed by atoms with E-state index < -0.39 is 29.6 Å². The van der Waals surface area contributed by atoms with Crippen molar-refractivity contribution in [3.8, 4) is 17.2 Å². The first-order valence-corrected chi connectivity index (χ1v) is 11.2. The number of halogens is 3. The summed E-state index contributed by atoms with van der Waals surface area (Å²) in [6, 6.07) is 13.6. The van der Waals surface area contributed by atoms with Crippen molar-refractivity contribution >= 4 is 17.5 Å². The minimum Gasteiger partial charge on any atom is -0.497 e. The van der Waals surface area contributed by atoms with Crippen LogP contribution >= 0.6 is 0 Å². The van der Waals surface area contributed by atoms with E-state index in [-0.39, 0.29) is 17.2 Å². The number of nitrogens with zero attached hydrogens (tertiary/aromatic N) is 1. The summed E-state index contributed by atoms with van der Waals surface area (Å²) in [5, 5.41) is 2.62. The van der Waals surface area contributed by atoms with Gasteiger partial charge >= 0.3 is 6.18 Å². The number of rotatable bonds is 6. The number of methoxy groups -OCH3 is 3. The Kier molecular flexibility index (Phi) is 7.02. The number of anilines is 1. The molecule has 1 heterocycles. The van der Waals surface area contributed by atoms with Gasteiger partial charge in [0.2, 0.25) is 5.91 Å². The number of hydrogen-bond acceptors (Lipinski definition) is 5. The lowest BCUT2D eigenvalue weighted by molar-refractivity contribution is -0.137. The Morgan fingerprint density at radius 2 is 1.57 bits per heavy atom. The molecule has 1 aliphatic rings. The lowest BCUT2D eigenvalue weighted by Gasteiger charge is -2.40. The average Bonchev–Trinajstić information content (AvgIpc) is 2.89. The molecule has 0 saturated heterocycles. The number of hydrogen-bond donors (Lipinski definition) is 1. The van der Waals surface area contributed by atoms with Crippen molar-refractivity contribution in [2.45, 2.75) is 18.1 Å². The van der Waals surface area contributed by atoms with Crippen LogP contribution in [0.2, 0.25) is 0 Å². The Balaban J connectivity index is 1.85. The molecule has 2 atom stereocenters. The molecule has 3 aromatic rings. The molecule has 0 aliphatic carbocycles. The Morgan fingerprint density at radius 1 is 0.919 bits per heavy atom. The molecule has 1 aliphatic heterocycles. The highest BCUT2D eigenvalue weighted by Gasteiger charge is 2.44. The summed E-state index contributed by atoms with van der Waals surface area (Å²) < 4.78 is 55.8. The maximum absolute atomic E-state index is 13.8. The summed E-state index contributed by atoms with van der Waals surface area (Å²) in [4.78, 5) is 28.6. The van der Waals surface area contributed by atoms with Gasteiger partial charge < -0.3 is 24.4 Å². The maximum atomic E-state index is 13.8. The fraction of sp³-hybridized carbons (Fsp3) is 0.259. The van der Waals surface area contributed by atoms with Crippen LogP contribution < -0.4 is 19.5 Å². The van der Waals surface area contributed by atoms with E-state index in [1.807, 2.05) is 0 Å². The molecule has 37 heavy (non-hydrogen) atoms. The van der Waals surface area contributed by atoms with Crippen LogP contribution in [-0.2, 0) is 11.0 Å². The van der Waals surface area contributed by atoms with E-state index in [4.69, 9.17) is 14.2 Å². The zero-order valence-electron chi connectivity index (χ0n) is 20.6. The molecule has 0 radical (unpaired) electrons. The topological polar surface area (TPSA) is 77.1 Å². The summed E-state index contributed by atoms with van der Waals surface area (Å²) in [6.07, 6.45) is -4.57. The molecule has 0 bridgehead atoms. The van der Waals surface area contributed by atoms with Crippen molar-refractivity contribution in [2.24, 2.45) is 0 Å². The van der Waals surface area contributed by atoms with Crippen LogP contribution in [0.15, 0.2) is 60.7 Å². The van der Waals surface area contributed by atoms with Crippen molar-refractivity contribution in [1.82, 2.24) is 4.90 Å². The van der Waals surface area contributed by atoms with Crippen molar-refractivity contribution in [2.75, 3.05) is 33.7 Å². The van der Waals surface area contributed by atoms with E-state index in [2.05, 4.69) is 5.32 Å². The van der Waals surface area contributed by atoms with E-state index in [1.165, 1.54) is 44.4 Å². The Hall–Kier alpha value is -4.21. The average molecular weight is 515 g/mol. The molecule has 0 fully saturated rings. The molecule has 10 heteroatoms. The predicted molar refractivity (Wildman–Crippen MR) is 130 cm³/mol. The van der Waals surface area contributed by atoms with E-state index in [9.17, 15) is 22.8 Å². The highest BCUT2D eigenvalue weighted by atomic mass is 19.4. The van der Waals surface area contributed by atoms with Gasteiger partial charge in [0.25, 0.3) is 5.91 Å². The summed E-state index contributed by atoms with van der Waals surface area (Å²) in [5.41, 5.74) is 0.330. The van der Waals surface area contributed by atoms with Crippen LogP contribution in [0.4, 0.5) is 18.9 Å². The van der Waals surface area contributed by atoms with Gasteiger partial charge in [-0.2, -0.15) is 13.2 Å². The van der Waals surface area contributed by atoms with Crippen LogP contribution in [-0.4, -0.2) is 45.1 Å². The quantitative estimate of drug-likeness (QED) is 0.485. The molecular weight excluding hydrogens is 489 g/mol. The fourth-order valence-corrected chi connectivity index (χ4v) is 4.54. The first kappa shape index (κ1) is 25.9. The van der Waals surface area contributed by atoms with Gasteiger partial charge in [-0.15, -0.1) is 0 Å². The first-order valence-electron chi connectivity index (χ1n) is 11.2. The van der Waals surface area contributed by atoms with Gasteiger partial charge in [-0.3, -0.25) is 9.59 Å². The number of alkyl halides is 3. The number of amides is 2. The third kappa shape index (κ3) is 4.91. The normalized spacial score (nSPS) is 17.2. The first-order chi connectivity index (χ1) is 17.6. The van der Waals surface area contributed by atoms with Gasteiger partial charge in [0.05, 0.1) is 38.9 Å². The fourth-order valence-electron chi connectivity index (χ4n) is 4.54. The summed E-state index contributed by atoms with van der Waals surface area (Å²) in [6.45, 7) is 0. The van der Waals surface area contributed by atoms with Crippen molar-refractivity contribution in [3.05, 3.63) is 82.9 Å². The number of benzene rings is 3. The summed E-state index contributed by atoms with van der Waals surface area (Å²) in [5.74, 6) is -0.717. The molecule has 3 aromatic carbocycles. The summed E-state index contributed by atoms with van der Waals surface area (Å²) >= 11 is 0. The van der Waals surface area contributed by atoms with Crippen LogP contribution in [0, 0.1) is 0 Å². The van der Waals surface area contributed by atoms with Crippen LogP contribution in [0.5, 0.6) is 17.2 Å². The van der Waals surface area contributed by atoms with Gasteiger partial charge in [0.15, 0.2) is 11.5 Å². The van der Waals surface area contributed by atoms with E-state index in [0.717, 1.165) is 12.1 Å². The third-order valence-corrected chi connectivity index (χ3v) is 6.37. The standard InChI is InChI=1S/C27H25F3N2O5/c1-32-24(15-8-10-18(35-2)11-9-15)23(19-13-21(36-3)22(37-4)14-20(19)26(32)34)25(33)31-17-7-5-6-16(12-17)27(28,29)30/h5-14,23-24H,1-4H3,(H,31,33)/t23-,24+/m0/s1. The molecule has 0 aromatic heterocycles. The highest BCUT2D eigenvalue weighted by Crippen LogP contribution is 2.46. The van der Waals surface area contributed by atoms with Crippen LogP contribution in [0.3, 0.4) is 0 Å². The molecular formula is C27H25F3N2O5. The van der Waals surface area contributed by atoms with Crippen molar-refractivity contribution < 1.29 is 37.0 Å². The predicted octanol–water partition coefficient (Wildman–Crippen LogP) is 5.28. The number of ether oxygens (including phenoxy) is 3. The zero-order valence-corrected chi connectivity index (χ0v) is 20.6. The minimum atomic E-state index is -4.57. The molecule has 0 unspecified atom stereocenters. The van der Waals surface area contributed by atoms with Crippen LogP contribution in [0.25, 0.3) is 0 Å². The Labute approximate surface area is 211 Å². The maximum Gasteiger partial charge on any atom is 0.416 e. The molecule has 1 N–H and O–H groups in total. The lowest BCUT2D eigenvalue weighted by Crippen LogP contribution is -2.44. The van der Waals surface area contributed by atoms with Gasteiger partial charge in [-0.1, -0.05) is 18.2 Å². The second-order valence-corrected chi connectivity index (χ2v) is 8.47. The molecule has 2 amide bonds. The van der Waals surface area contributed by atoms with Crippen molar-refractivity contribution in [3.63, 3.8) is 0 Å². The third-order valence-electron chi connectivity index (χ3n) is 6.37. The molecule has 4 rings (SSSR count). The van der Waals surface area contributed by atoms with E-state index in [0.29, 0.717) is 28.4 Å². The van der Waals surface area contributed by atoms with Gasteiger partial charge in [-0.25, -0.2) is 0 Å². The van der Waals surface area contributed by atoms with Gasteiger partial charge in [-0.05, 0) is 53.6 Å². The Morgan fingerprint density at radius 3 is 2.16 bits per heavy atom. The van der Waals surface area contributed by atoms with E-state index in [1.54, 1.807) is 37.4 Å². The van der Waals surface area contributed by atoms with Crippen LogP contribution in [0.1, 0.15) is 39.0 Å². The number of nitrogens with one attached hydrogen (secondary N) is 1. The smallest absolute Gasteiger partial charge is 0.416 e. The lowest BCUT2D eigenvalue weighted by atomic mass is 9.79. The second kappa shape index (κ2) is 10.0. The number of likely N-dealkylation sites (N-methyl/N-ethyl adjacent to an activating group) is 1. The summed E-state index contributed by atoms with van der Waals surface area (Å²) in [7, 11) is 5.95. The van der Waals surface area contributed by atoms with E-state index >= 15 is 0 Å². The number of carbonyl (C=O) groups is 2.